The second kappa shape index (κ2) is 9.99. The Hall–Kier alpha value is -0.860. The van der Waals surface area contributed by atoms with E-state index in [9.17, 15) is 0 Å². The van der Waals surface area contributed by atoms with Gasteiger partial charge in [0.2, 0.25) is 0 Å². The summed E-state index contributed by atoms with van der Waals surface area (Å²) < 4.78 is 0. The van der Waals surface area contributed by atoms with Crippen LogP contribution >= 0.6 is 0 Å². The summed E-state index contributed by atoms with van der Waals surface area (Å²) in [6.07, 6.45) is 5.37. The van der Waals surface area contributed by atoms with Crippen LogP contribution in [-0.2, 0) is 6.54 Å². The van der Waals surface area contributed by atoms with Crippen LogP contribution in [0.4, 0.5) is 0 Å². The van der Waals surface area contributed by atoms with Gasteiger partial charge in [-0.05, 0) is 32.5 Å². The standard InChI is InChI=1S/C17H30N2/c1-4-5-6-7-11-18-12-13-19(3)15-17-10-8-9-16(2)14-17/h8-10,14,18H,4-7,11-13,15H2,1-3H3. The molecule has 0 spiro atoms. The molecule has 108 valence electrons. The molecule has 0 bridgehead atoms. The molecule has 1 rings (SSSR count). The average Bonchev–Trinajstić information content (AvgIpc) is 2.37. The molecule has 1 aromatic rings. The van der Waals surface area contributed by atoms with Gasteiger partial charge in [-0.25, -0.2) is 0 Å². The topological polar surface area (TPSA) is 15.3 Å². The molecule has 0 radical (unpaired) electrons. The van der Waals surface area contributed by atoms with E-state index in [4.69, 9.17) is 0 Å². The molecular weight excluding hydrogens is 232 g/mol. The van der Waals surface area contributed by atoms with Gasteiger partial charge in [0.15, 0.2) is 0 Å². The number of likely N-dealkylation sites (N-methyl/N-ethyl adjacent to an activating group) is 1. The highest BCUT2D eigenvalue weighted by Crippen LogP contribution is 2.06. The highest BCUT2D eigenvalue weighted by atomic mass is 15.1. The largest absolute Gasteiger partial charge is 0.315 e. The Bertz CT molecular complexity index is 336. The molecule has 1 N–H and O–H groups in total. The van der Waals surface area contributed by atoms with Crippen LogP contribution in [0, 0.1) is 6.92 Å². The lowest BCUT2D eigenvalue weighted by Crippen LogP contribution is -2.29. The predicted molar refractivity (Wildman–Crippen MR) is 84.5 cm³/mol. The van der Waals surface area contributed by atoms with E-state index in [0.717, 1.165) is 26.2 Å². The number of hydrogen-bond donors (Lipinski definition) is 1. The van der Waals surface area contributed by atoms with Crippen molar-refractivity contribution < 1.29 is 0 Å². The van der Waals surface area contributed by atoms with Crippen molar-refractivity contribution in [3.05, 3.63) is 35.4 Å². The fraction of sp³-hybridized carbons (Fsp3) is 0.647. The van der Waals surface area contributed by atoms with Gasteiger partial charge in [0, 0.05) is 19.6 Å². The van der Waals surface area contributed by atoms with Gasteiger partial charge < -0.3 is 10.2 Å². The van der Waals surface area contributed by atoms with E-state index in [2.05, 4.69) is 55.4 Å². The number of aryl methyl sites for hydroxylation is 1. The second-order valence-electron chi connectivity index (χ2n) is 5.54. The average molecular weight is 262 g/mol. The van der Waals surface area contributed by atoms with Gasteiger partial charge >= 0.3 is 0 Å². The molecule has 0 amide bonds. The van der Waals surface area contributed by atoms with E-state index in [-0.39, 0.29) is 0 Å². The summed E-state index contributed by atoms with van der Waals surface area (Å²) in [4.78, 5) is 2.38. The maximum atomic E-state index is 3.53. The molecule has 0 unspecified atom stereocenters. The van der Waals surface area contributed by atoms with E-state index in [1.165, 1.54) is 36.8 Å². The minimum absolute atomic E-state index is 1.04. The third kappa shape index (κ3) is 8.02. The highest BCUT2D eigenvalue weighted by molar-refractivity contribution is 5.21. The molecule has 0 atom stereocenters. The van der Waals surface area contributed by atoms with Crippen molar-refractivity contribution >= 4 is 0 Å². The van der Waals surface area contributed by atoms with Crippen molar-refractivity contribution in [2.45, 2.75) is 46.1 Å². The maximum absolute atomic E-state index is 3.53. The van der Waals surface area contributed by atoms with Crippen LogP contribution in [0.25, 0.3) is 0 Å². The molecule has 0 aliphatic carbocycles. The van der Waals surface area contributed by atoms with Gasteiger partial charge in [-0.15, -0.1) is 0 Å². The summed E-state index contributed by atoms with van der Waals surface area (Å²) in [7, 11) is 2.20. The summed E-state index contributed by atoms with van der Waals surface area (Å²) >= 11 is 0. The molecule has 0 saturated heterocycles. The zero-order valence-corrected chi connectivity index (χ0v) is 12.9. The van der Waals surface area contributed by atoms with E-state index in [1.807, 2.05) is 0 Å². The minimum Gasteiger partial charge on any atom is -0.315 e. The number of unbranched alkanes of at least 4 members (excludes halogenated alkanes) is 3. The molecule has 1 aromatic carbocycles. The molecule has 0 saturated carbocycles. The Morgan fingerprint density at radius 3 is 2.68 bits per heavy atom. The summed E-state index contributed by atoms with van der Waals surface area (Å²) in [5.41, 5.74) is 2.75. The second-order valence-corrected chi connectivity index (χ2v) is 5.54. The lowest BCUT2D eigenvalue weighted by molar-refractivity contribution is 0.324. The molecule has 0 heterocycles. The van der Waals surface area contributed by atoms with Crippen molar-refractivity contribution in [2.24, 2.45) is 0 Å². The lowest BCUT2D eigenvalue weighted by atomic mass is 10.1. The third-order valence-electron chi connectivity index (χ3n) is 3.41. The Labute approximate surface area is 119 Å². The van der Waals surface area contributed by atoms with Gasteiger partial charge in [-0.2, -0.15) is 0 Å². The van der Waals surface area contributed by atoms with Crippen LogP contribution in [0.5, 0.6) is 0 Å². The van der Waals surface area contributed by atoms with Crippen LogP contribution in [0.3, 0.4) is 0 Å². The van der Waals surface area contributed by atoms with Gasteiger partial charge in [0.05, 0.1) is 0 Å². The Morgan fingerprint density at radius 2 is 1.95 bits per heavy atom. The molecule has 0 aliphatic heterocycles. The molecule has 0 fully saturated rings. The zero-order chi connectivity index (χ0) is 13.9. The SMILES string of the molecule is CCCCCCNCCN(C)Cc1cccc(C)c1. The van der Waals surface area contributed by atoms with Crippen LogP contribution < -0.4 is 5.32 Å². The first-order valence-electron chi connectivity index (χ1n) is 7.67. The molecule has 0 aliphatic rings. The van der Waals surface area contributed by atoms with E-state index < -0.39 is 0 Å². The van der Waals surface area contributed by atoms with Crippen molar-refractivity contribution in [3.63, 3.8) is 0 Å². The molecule has 2 heteroatoms. The molecular formula is C17H30N2. The Morgan fingerprint density at radius 1 is 1.11 bits per heavy atom. The van der Waals surface area contributed by atoms with Crippen LogP contribution in [0.15, 0.2) is 24.3 Å². The van der Waals surface area contributed by atoms with Crippen LogP contribution in [0.2, 0.25) is 0 Å². The number of nitrogens with one attached hydrogen (secondary N) is 1. The van der Waals surface area contributed by atoms with Crippen LogP contribution in [0.1, 0.15) is 43.7 Å². The molecule has 19 heavy (non-hydrogen) atoms. The van der Waals surface area contributed by atoms with E-state index >= 15 is 0 Å². The quantitative estimate of drug-likeness (QED) is 0.648. The monoisotopic (exact) mass is 262 g/mol. The zero-order valence-electron chi connectivity index (χ0n) is 12.9. The first kappa shape index (κ1) is 16.2. The smallest absolute Gasteiger partial charge is 0.0231 e. The molecule has 0 aromatic heterocycles. The summed E-state index contributed by atoms with van der Waals surface area (Å²) in [5.74, 6) is 0. The molecule has 2 nitrogen and oxygen atoms in total. The third-order valence-corrected chi connectivity index (χ3v) is 3.41. The number of rotatable bonds is 10. The first-order chi connectivity index (χ1) is 9.22. The van der Waals surface area contributed by atoms with Crippen LogP contribution in [-0.4, -0.2) is 31.6 Å². The number of nitrogens with zero attached hydrogens (tertiary/aromatic N) is 1. The van der Waals surface area contributed by atoms with E-state index in [1.54, 1.807) is 0 Å². The highest BCUT2D eigenvalue weighted by Gasteiger charge is 2.00. The van der Waals surface area contributed by atoms with Crippen molar-refractivity contribution in [1.82, 2.24) is 10.2 Å². The number of benzene rings is 1. The van der Waals surface area contributed by atoms with Crippen molar-refractivity contribution in [2.75, 3.05) is 26.7 Å². The Kier molecular flexibility index (Phi) is 8.52. The van der Waals surface area contributed by atoms with Gasteiger partial charge in [-0.1, -0.05) is 56.0 Å². The van der Waals surface area contributed by atoms with Gasteiger partial charge in [-0.3, -0.25) is 0 Å². The predicted octanol–water partition coefficient (Wildman–Crippen LogP) is 3.60. The summed E-state index contributed by atoms with van der Waals surface area (Å²) in [6, 6.07) is 8.78. The fourth-order valence-electron chi connectivity index (χ4n) is 2.27. The fourth-order valence-corrected chi connectivity index (χ4v) is 2.27. The van der Waals surface area contributed by atoms with Gasteiger partial charge in [0.1, 0.15) is 0 Å². The minimum atomic E-state index is 1.04. The summed E-state index contributed by atoms with van der Waals surface area (Å²) in [6.45, 7) is 8.82. The normalized spacial score (nSPS) is 11.2. The lowest BCUT2D eigenvalue weighted by Gasteiger charge is -2.17. The number of hydrogen-bond acceptors (Lipinski definition) is 2. The van der Waals surface area contributed by atoms with Crippen molar-refractivity contribution in [3.8, 4) is 0 Å². The summed E-state index contributed by atoms with van der Waals surface area (Å²) in [5, 5.41) is 3.53. The Balaban J connectivity index is 2.06. The van der Waals surface area contributed by atoms with Crippen molar-refractivity contribution in [1.29, 1.82) is 0 Å². The van der Waals surface area contributed by atoms with E-state index in [0.29, 0.717) is 0 Å². The first-order valence-corrected chi connectivity index (χ1v) is 7.67. The maximum Gasteiger partial charge on any atom is 0.0231 e. The van der Waals surface area contributed by atoms with Gasteiger partial charge in [0.25, 0.3) is 0 Å².